The zero-order valence-corrected chi connectivity index (χ0v) is 24.4. The number of aliphatic carboxylic acids is 1. The van der Waals surface area contributed by atoms with Gasteiger partial charge < -0.3 is 24.2 Å². The number of carbonyl (C=O) groups is 1. The number of halogens is 3. The van der Waals surface area contributed by atoms with Gasteiger partial charge in [0.15, 0.2) is 5.13 Å². The number of morpholine rings is 1. The summed E-state index contributed by atoms with van der Waals surface area (Å²) in [6.45, 7) is 6.09. The highest BCUT2D eigenvalue weighted by Gasteiger charge is 2.41. The SMILES string of the molecule is Cc1ccc(OCc2ccc(CN3CCOCC3)cc2OC(F)(F)F)c(-c2csc(N3CC4=CCC(C3)[C@@H]4C(=O)O)n2)c1. The average Bonchev–Trinajstić information content (AvgIpc) is 3.56. The lowest BCUT2D eigenvalue weighted by Gasteiger charge is -2.34. The van der Waals surface area contributed by atoms with Crippen molar-refractivity contribution in [1.29, 1.82) is 0 Å². The van der Waals surface area contributed by atoms with E-state index in [4.69, 9.17) is 14.5 Å². The van der Waals surface area contributed by atoms with Crippen LogP contribution in [0.4, 0.5) is 18.3 Å². The van der Waals surface area contributed by atoms with Gasteiger partial charge in [0.25, 0.3) is 0 Å². The van der Waals surface area contributed by atoms with Crippen LogP contribution in [0.2, 0.25) is 0 Å². The molecule has 1 aliphatic carbocycles. The van der Waals surface area contributed by atoms with Crippen LogP contribution in [0, 0.1) is 18.8 Å². The molecule has 2 bridgehead atoms. The maximum Gasteiger partial charge on any atom is 0.573 e. The van der Waals surface area contributed by atoms with Crippen molar-refractivity contribution >= 4 is 22.4 Å². The Morgan fingerprint density at radius 3 is 2.72 bits per heavy atom. The molecule has 2 fully saturated rings. The molecule has 6 rings (SSSR count). The fourth-order valence-electron chi connectivity index (χ4n) is 6.00. The maximum atomic E-state index is 13.3. The molecule has 3 aromatic rings. The van der Waals surface area contributed by atoms with Gasteiger partial charge in [-0.15, -0.1) is 24.5 Å². The van der Waals surface area contributed by atoms with E-state index >= 15 is 0 Å². The number of carboxylic acids is 1. The van der Waals surface area contributed by atoms with Crippen LogP contribution in [0.25, 0.3) is 11.3 Å². The number of nitrogens with zero attached hydrogens (tertiary/aromatic N) is 3. The number of hydrogen-bond donors (Lipinski definition) is 1. The molecule has 43 heavy (non-hydrogen) atoms. The summed E-state index contributed by atoms with van der Waals surface area (Å²) in [5.41, 5.74) is 4.32. The molecule has 2 aromatic carbocycles. The number of allylic oxidation sites excluding steroid dienone is 1. The van der Waals surface area contributed by atoms with Crippen LogP contribution in [0.15, 0.2) is 53.4 Å². The lowest BCUT2D eigenvalue weighted by molar-refractivity contribution is -0.275. The van der Waals surface area contributed by atoms with Crippen molar-refractivity contribution in [3.8, 4) is 22.8 Å². The Labute approximate surface area is 251 Å². The maximum absolute atomic E-state index is 13.3. The summed E-state index contributed by atoms with van der Waals surface area (Å²) in [4.78, 5) is 20.8. The third-order valence-electron chi connectivity index (χ3n) is 8.07. The third kappa shape index (κ3) is 6.81. The number of aryl methyl sites for hydroxylation is 1. The lowest BCUT2D eigenvalue weighted by atomic mass is 9.87. The molecule has 2 atom stereocenters. The van der Waals surface area contributed by atoms with Gasteiger partial charge in [-0.05, 0) is 48.6 Å². The van der Waals surface area contributed by atoms with Crippen LogP contribution in [0.1, 0.15) is 23.1 Å². The molecule has 0 spiro atoms. The van der Waals surface area contributed by atoms with Gasteiger partial charge in [-0.25, -0.2) is 4.98 Å². The number of thiazole rings is 1. The van der Waals surface area contributed by atoms with E-state index in [9.17, 15) is 23.1 Å². The van der Waals surface area contributed by atoms with Crippen LogP contribution in [-0.4, -0.2) is 66.7 Å². The minimum Gasteiger partial charge on any atom is -0.488 e. The molecule has 0 saturated carbocycles. The number of benzene rings is 2. The van der Waals surface area contributed by atoms with Crippen LogP contribution in [0.3, 0.4) is 0 Å². The largest absolute Gasteiger partial charge is 0.573 e. The van der Waals surface area contributed by atoms with Crippen LogP contribution >= 0.6 is 11.3 Å². The highest BCUT2D eigenvalue weighted by Crippen LogP contribution is 2.41. The average molecular weight is 616 g/mol. The number of alkyl halides is 3. The highest BCUT2D eigenvalue weighted by atomic mass is 32.1. The molecule has 0 radical (unpaired) electrons. The summed E-state index contributed by atoms with van der Waals surface area (Å²) in [5.74, 6) is -0.959. The van der Waals surface area contributed by atoms with Crippen molar-refractivity contribution in [3.05, 3.63) is 70.1 Å². The molecule has 228 valence electrons. The molecule has 1 N–H and O–H groups in total. The Balaban J connectivity index is 1.20. The Bertz CT molecular complexity index is 1520. The lowest BCUT2D eigenvalue weighted by Crippen LogP contribution is -2.42. The second-order valence-electron chi connectivity index (χ2n) is 11.2. The molecule has 8 nitrogen and oxygen atoms in total. The predicted molar refractivity (Wildman–Crippen MR) is 155 cm³/mol. The fourth-order valence-corrected chi connectivity index (χ4v) is 6.83. The molecular weight excluding hydrogens is 583 g/mol. The minimum absolute atomic E-state index is 0.0276. The van der Waals surface area contributed by atoms with E-state index in [2.05, 4.69) is 14.5 Å². The van der Waals surface area contributed by atoms with E-state index < -0.39 is 18.2 Å². The number of ether oxygens (including phenoxy) is 3. The van der Waals surface area contributed by atoms with Crippen molar-refractivity contribution in [2.24, 2.45) is 11.8 Å². The highest BCUT2D eigenvalue weighted by molar-refractivity contribution is 7.14. The first-order valence-corrected chi connectivity index (χ1v) is 15.0. The summed E-state index contributed by atoms with van der Waals surface area (Å²) >= 11 is 1.47. The van der Waals surface area contributed by atoms with Gasteiger partial charge in [-0.1, -0.05) is 29.8 Å². The van der Waals surface area contributed by atoms with Gasteiger partial charge in [-0.2, -0.15) is 0 Å². The summed E-state index contributed by atoms with van der Waals surface area (Å²) < 4.78 is 55.9. The zero-order chi connectivity index (χ0) is 30.1. The summed E-state index contributed by atoms with van der Waals surface area (Å²) in [5, 5.41) is 12.3. The molecule has 1 unspecified atom stereocenters. The normalized spacial score (nSPS) is 20.7. The van der Waals surface area contributed by atoms with E-state index in [-0.39, 0.29) is 23.8 Å². The van der Waals surface area contributed by atoms with E-state index in [1.807, 2.05) is 30.5 Å². The summed E-state index contributed by atoms with van der Waals surface area (Å²) in [7, 11) is 0. The number of fused-ring (bicyclic) bond motifs is 2. The molecule has 12 heteroatoms. The molecule has 3 heterocycles. The first kappa shape index (κ1) is 29.5. The Morgan fingerprint density at radius 1 is 1.16 bits per heavy atom. The van der Waals surface area contributed by atoms with Crippen LogP contribution in [-0.2, 0) is 22.7 Å². The van der Waals surface area contributed by atoms with Crippen molar-refractivity contribution < 1.29 is 37.3 Å². The Hall–Kier alpha value is -3.61. The van der Waals surface area contributed by atoms with Gasteiger partial charge in [-0.3, -0.25) is 9.69 Å². The van der Waals surface area contributed by atoms with E-state index in [0.717, 1.165) is 28.3 Å². The molecule has 3 aliphatic rings. The number of rotatable bonds is 9. The van der Waals surface area contributed by atoms with Crippen LogP contribution < -0.4 is 14.4 Å². The quantitative estimate of drug-likeness (QED) is 0.298. The number of anilines is 1. The fraction of sp³-hybridized carbons (Fsp3) is 0.419. The Kier molecular flexibility index (Phi) is 8.34. The summed E-state index contributed by atoms with van der Waals surface area (Å²) in [6, 6.07) is 10.5. The predicted octanol–water partition coefficient (Wildman–Crippen LogP) is 5.90. The second-order valence-corrected chi connectivity index (χ2v) is 12.0. The van der Waals surface area contributed by atoms with Gasteiger partial charge >= 0.3 is 12.3 Å². The van der Waals surface area contributed by atoms with Crippen molar-refractivity contribution in [2.75, 3.05) is 44.3 Å². The van der Waals surface area contributed by atoms with E-state index in [1.54, 1.807) is 18.2 Å². The van der Waals surface area contributed by atoms with Gasteiger partial charge in [0.1, 0.15) is 18.1 Å². The zero-order valence-electron chi connectivity index (χ0n) is 23.6. The number of piperidine rings is 1. The molecule has 2 saturated heterocycles. The second kappa shape index (κ2) is 12.2. The van der Waals surface area contributed by atoms with Crippen LogP contribution in [0.5, 0.6) is 11.5 Å². The minimum atomic E-state index is -4.84. The van der Waals surface area contributed by atoms with Gasteiger partial charge in [0.2, 0.25) is 0 Å². The molecular formula is C31H32F3N3O5S. The number of aromatic nitrogens is 1. The monoisotopic (exact) mass is 615 g/mol. The molecule has 2 aliphatic heterocycles. The Morgan fingerprint density at radius 2 is 1.98 bits per heavy atom. The molecule has 1 aromatic heterocycles. The number of carboxylic acid groups (broad SMARTS) is 1. The first-order chi connectivity index (χ1) is 20.6. The topological polar surface area (TPSA) is 84.4 Å². The summed E-state index contributed by atoms with van der Waals surface area (Å²) in [6.07, 6.45) is -2.05. The van der Waals surface area contributed by atoms with E-state index in [0.29, 0.717) is 62.9 Å². The standard InChI is InChI=1S/C31H32F3N3O5S/c1-19-2-7-26(24(12-19)25-18-43-30(35-25)37-15-21-5-6-22(16-37)28(21)29(38)39)41-17-23-4-3-20(13-27(23)42-31(32,33)34)14-36-8-10-40-11-9-36/h2-5,7,12-13,18,22,28H,6,8-11,14-17H2,1H3,(H,38,39)/t22?,28-/m1/s1. The first-order valence-electron chi connectivity index (χ1n) is 14.2. The van der Waals surface area contributed by atoms with E-state index in [1.165, 1.54) is 17.4 Å². The van der Waals surface area contributed by atoms with Crippen molar-refractivity contribution in [3.63, 3.8) is 0 Å². The van der Waals surface area contributed by atoms with Crippen molar-refractivity contribution in [1.82, 2.24) is 9.88 Å². The smallest absolute Gasteiger partial charge is 0.488 e. The van der Waals surface area contributed by atoms with Gasteiger partial charge in [0, 0.05) is 49.2 Å². The number of hydrogen-bond acceptors (Lipinski definition) is 8. The van der Waals surface area contributed by atoms with Gasteiger partial charge in [0.05, 0.1) is 24.8 Å². The third-order valence-corrected chi connectivity index (χ3v) is 8.97. The molecule has 0 amide bonds. The van der Waals surface area contributed by atoms with Crippen molar-refractivity contribution in [2.45, 2.75) is 32.9 Å².